The molecule has 0 aliphatic carbocycles. The van der Waals surface area contributed by atoms with Crippen LogP contribution in [0.4, 0.5) is 11.4 Å². The van der Waals surface area contributed by atoms with Gasteiger partial charge in [0, 0.05) is 23.3 Å². The van der Waals surface area contributed by atoms with Crippen LogP contribution in [0.1, 0.15) is 31.4 Å². The Morgan fingerprint density at radius 2 is 0.778 bits per heavy atom. The molecule has 0 unspecified atom stereocenters. The second-order valence-electron chi connectivity index (χ2n) is 10.9. The van der Waals surface area contributed by atoms with Crippen molar-refractivity contribution in [3.05, 3.63) is 131 Å². The fourth-order valence-electron chi connectivity index (χ4n) is 5.21. The summed E-state index contributed by atoms with van der Waals surface area (Å²) < 4.78 is 11.9. The molecule has 8 heteroatoms. The zero-order valence-electron chi connectivity index (χ0n) is 24.9. The number of benzene rings is 4. The summed E-state index contributed by atoms with van der Waals surface area (Å²) in [7, 11) is 0. The van der Waals surface area contributed by atoms with Gasteiger partial charge in [0.1, 0.15) is 23.0 Å². The standard InChI is InChI=1S/C37H30N2O6/c1-24-22-34(40)38(36(24)42)28-10-18-32(19-11-28)44-30-14-6-26(7-15-30)4-3-5-27-8-16-31(17-9-27)45-33-20-12-29(13-21-33)39-35(41)23-25(2)37(39)43/h6-23H,3-5H2,1-2H3. The van der Waals surface area contributed by atoms with E-state index in [1.54, 1.807) is 62.4 Å². The summed E-state index contributed by atoms with van der Waals surface area (Å²) in [5.74, 6) is 1.35. The molecule has 0 atom stereocenters. The van der Waals surface area contributed by atoms with Crippen LogP contribution >= 0.6 is 0 Å². The molecule has 0 spiro atoms. The van der Waals surface area contributed by atoms with E-state index in [1.165, 1.54) is 23.3 Å². The van der Waals surface area contributed by atoms with Gasteiger partial charge in [-0.3, -0.25) is 19.2 Å². The molecule has 0 bridgehead atoms. The first-order valence-electron chi connectivity index (χ1n) is 14.6. The van der Waals surface area contributed by atoms with E-state index >= 15 is 0 Å². The molecule has 0 radical (unpaired) electrons. The number of ether oxygens (including phenoxy) is 2. The number of aryl methyl sites for hydroxylation is 2. The van der Waals surface area contributed by atoms with Crippen molar-refractivity contribution < 1.29 is 28.7 Å². The maximum absolute atomic E-state index is 12.2. The molecule has 224 valence electrons. The Morgan fingerprint density at radius 1 is 0.467 bits per heavy atom. The molecular formula is C37H30N2O6. The predicted octanol–water partition coefficient (Wildman–Crippen LogP) is 7.09. The smallest absolute Gasteiger partial charge is 0.261 e. The molecule has 0 aromatic heterocycles. The minimum atomic E-state index is -0.335. The van der Waals surface area contributed by atoms with Crippen molar-refractivity contribution >= 4 is 35.0 Å². The van der Waals surface area contributed by atoms with Crippen LogP contribution in [-0.4, -0.2) is 23.6 Å². The highest BCUT2D eigenvalue weighted by Crippen LogP contribution is 2.29. The van der Waals surface area contributed by atoms with Crippen LogP contribution in [0.25, 0.3) is 0 Å². The van der Waals surface area contributed by atoms with Crippen molar-refractivity contribution in [2.24, 2.45) is 0 Å². The average molecular weight is 599 g/mol. The Bertz CT molecular complexity index is 1700. The van der Waals surface area contributed by atoms with Crippen LogP contribution in [0, 0.1) is 0 Å². The molecule has 4 amide bonds. The Balaban J connectivity index is 0.955. The summed E-state index contributed by atoms with van der Waals surface area (Å²) in [6.45, 7) is 3.26. The van der Waals surface area contributed by atoms with E-state index in [0.717, 1.165) is 29.1 Å². The van der Waals surface area contributed by atoms with E-state index in [2.05, 4.69) is 24.3 Å². The molecule has 6 rings (SSSR count). The summed E-state index contributed by atoms with van der Waals surface area (Å²) in [5, 5.41) is 0. The number of anilines is 2. The SMILES string of the molecule is CC1=CC(=O)N(c2ccc(Oc3ccc(CCCc4ccc(Oc5ccc(N6C(=O)C=C(C)C6=O)cc5)cc4)cc3)cc2)C1=O. The lowest BCUT2D eigenvalue weighted by Crippen LogP contribution is -2.30. The summed E-state index contributed by atoms with van der Waals surface area (Å²) in [5.41, 5.74) is 4.29. The molecule has 2 aliphatic heterocycles. The molecule has 4 aromatic rings. The normalized spacial score (nSPS) is 14.6. The molecular weight excluding hydrogens is 568 g/mol. The lowest BCUT2D eigenvalue weighted by atomic mass is 10.0. The first-order valence-corrected chi connectivity index (χ1v) is 14.6. The zero-order chi connectivity index (χ0) is 31.5. The van der Waals surface area contributed by atoms with Crippen LogP contribution in [-0.2, 0) is 32.0 Å². The third-order valence-corrected chi connectivity index (χ3v) is 7.64. The number of carbonyl (C=O) groups excluding carboxylic acids is 4. The molecule has 2 aliphatic rings. The van der Waals surface area contributed by atoms with E-state index in [0.29, 0.717) is 45.5 Å². The summed E-state index contributed by atoms with van der Waals surface area (Å²) in [4.78, 5) is 50.9. The summed E-state index contributed by atoms with van der Waals surface area (Å²) >= 11 is 0. The Morgan fingerprint density at radius 3 is 1.07 bits per heavy atom. The van der Waals surface area contributed by atoms with Crippen molar-refractivity contribution in [3.8, 4) is 23.0 Å². The number of hydrogen-bond donors (Lipinski definition) is 0. The number of amides is 4. The number of imide groups is 2. The van der Waals surface area contributed by atoms with Crippen molar-refractivity contribution in [2.45, 2.75) is 33.1 Å². The zero-order valence-corrected chi connectivity index (χ0v) is 24.9. The van der Waals surface area contributed by atoms with Crippen molar-refractivity contribution in [3.63, 3.8) is 0 Å². The van der Waals surface area contributed by atoms with Gasteiger partial charge < -0.3 is 9.47 Å². The van der Waals surface area contributed by atoms with Gasteiger partial charge in [-0.05, 0) is 117 Å². The summed E-state index contributed by atoms with van der Waals surface area (Å²) in [6.07, 6.45) is 5.50. The van der Waals surface area contributed by atoms with Crippen LogP contribution in [0.3, 0.4) is 0 Å². The largest absolute Gasteiger partial charge is 0.457 e. The van der Waals surface area contributed by atoms with E-state index in [4.69, 9.17) is 9.47 Å². The van der Waals surface area contributed by atoms with Crippen LogP contribution < -0.4 is 19.3 Å². The molecule has 2 heterocycles. The molecule has 0 saturated carbocycles. The van der Waals surface area contributed by atoms with Gasteiger partial charge in [0.05, 0.1) is 11.4 Å². The molecule has 0 N–H and O–H groups in total. The van der Waals surface area contributed by atoms with Gasteiger partial charge in [0.25, 0.3) is 23.6 Å². The third kappa shape index (κ3) is 6.45. The molecule has 4 aromatic carbocycles. The number of rotatable bonds is 10. The first kappa shape index (κ1) is 29.3. The predicted molar refractivity (Wildman–Crippen MR) is 170 cm³/mol. The number of carbonyl (C=O) groups is 4. The van der Waals surface area contributed by atoms with Gasteiger partial charge in [0.2, 0.25) is 0 Å². The van der Waals surface area contributed by atoms with Crippen LogP contribution in [0.15, 0.2) is 120 Å². The quantitative estimate of drug-likeness (QED) is 0.181. The maximum atomic E-state index is 12.2. The van der Waals surface area contributed by atoms with Gasteiger partial charge in [-0.1, -0.05) is 24.3 Å². The maximum Gasteiger partial charge on any atom is 0.261 e. The second-order valence-corrected chi connectivity index (χ2v) is 10.9. The van der Waals surface area contributed by atoms with Gasteiger partial charge in [-0.25, -0.2) is 9.80 Å². The van der Waals surface area contributed by atoms with E-state index in [-0.39, 0.29) is 23.6 Å². The number of hydrogen-bond acceptors (Lipinski definition) is 6. The Hall–Kier alpha value is -5.76. The topological polar surface area (TPSA) is 93.2 Å². The lowest BCUT2D eigenvalue weighted by Gasteiger charge is -2.15. The third-order valence-electron chi connectivity index (χ3n) is 7.64. The minimum Gasteiger partial charge on any atom is -0.457 e. The molecule has 45 heavy (non-hydrogen) atoms. The van der Waals surface area contributed by atoms with Gasteiger partial charge in [-0.2, -0.15) is 0 Å². The van der Waals surface area contributed by atoms with Crippen molar-refractivity contribution in [1.29, 1.82) is 0 Å². The van der Waals surface area contributed by atoms with E-state index < -0.39 is 0 Å². The van der Waals surface area contributed by atoms with Gasteiger partial charge in [-0.15, -0.1) is 0 Å². The van der Waals surface area contributed by atoms with Crippen molar-refractivity contribution in [1.82, 2.24) is 0 Å². The highest BCUT2D eigenvalue weighted by molar-refractivity contribution is 6.31. The monoisotopic (exact) mass is 598 g/mol. The molecule has 0 saturated heterocycles. The Labute approximate surface area is 260 Å². The van der Waals surface area contributed by atoms with E-state index in [1.807, 2.05) is 24.3 Å². The Kier molecular flexibility index (Phi) is 8.12. The molecule has 8 nitrogen and oxygen atoms in total. The highest BCUT2D eigenvalue weighted by atomic mass is 16.5. The fraction of sp³-hybridized carbons (Fsp3) is 0.135. The van der Waals surface area contributed by atoms with Crippen LogP contribution in [0.2, 0.25) is 0 Å². The second kappa shape index (κ2) is 12.5. The molecule has 0 fully saturated rings. The minimum absolute atomic E-state index is 0.305. The van der Waals surface area contributed by atoms with Crippen LogP contribution in [0.5, 0.6) is 23.0 Å². The van der Waals surface area contributed by atoms with Gasteiger partial charge in [0.15, 0.2) is 0 Å². The number of nitrogens with zero attached hydrogens (tertiary/aromatic N) is 2. The van der Waals surface area contributed by atoms with Crippen molar-refractivity contribution in [2.75, 3.05) is 9.80 Å². The fourth-order valence-corrected chi connectivity index (χ4v) is 5.21. The average Bonchev–Trinajstić information content (AvgIpc) is 3.45. The lowest BCUT2D eigenvalue weighted by molar-refractivity contribution is -0.121. The van der Waals surface area contributed by atoms with Gasteiger partial charge >= 0.3 is 0 Å². The highest BCUT2D eigenvalue weighted by Gasteiger charge is 2.30. The van der Waals surface area contributed by atoms with E-state index in [9.17, 15) is 19.2 Å². The first-order chi connectivity index (χ1) is 21.7. The summed E-state index contributed by atoms with van der Waals surface area (Å²) in [6, 6.07) is 29.7.